The number of ether oxygens (including phenoxy) is 1. The van der Waals surface area contributed by atoms with Crippen LogP contribution in [-0.4, -0.2) is 51.0 Å². The Morgan fingerprint density at radius 3 is 2.46 bits per heavy atom. The lowest BCUT2D eigenvalue weighted by molar-refractivity contribution is -0.116. The SMILES string of the molecule is C[C@H](Nc1ccc(Cl)cc1)C(=O)Nc1cccc(S(=O)(=O)N2CCOCC2)c1. The lowest BCUT2D eigenvalue weighted by Crippen LogP contribution is -2.40. The standard InChI is InChI=1S/C19H22ClN3O4S/c1-14(21-16-7-5-15(20)6-8-16)19(24)22-17-3-2-4-18(13-17)28(25,26)23-9-11-27-12-10-23/h2-8,13-14,21H,9-12H2,1H3,(H,22,24)/t14-/m0/s1. The molecule has 7 nitrogen and oxygen atoms in total. The van der Waals surface area contributed by atoms with Gasteiger partial charge in [0.25, 0.3) is 0 Å². The number of morpholine rings is 1. The lowest BCUT2D eigenvalue weighted by atomic mass is 10.2. The van der Waals surface area contributed by atoms with Crippen LogP contribution in [0.3, 0.4) is 0 Å². The van der Waals surface area contributed by atoms with Crippen molar-refractivity contribution in [3.63, 3.8) is 0 Å². The maximum absolute atomic E-state index is 12.8. The zero-order chi connectivity index (χ0) is 20.1. The summed E-state index contributed by atoms with van der Waals surface area (Å²) in [5.74, 6) is -0.282. The highest BCUT2D eigenvalue weighted by Crippen LogP contribution is 2.21. The van der Waals surface area contributed by atoms with Gasteiger partial charge in [-0.1, -0.05) is 17.7 Å². The van der Waals surface area contributed by atoms with Gasteiger partial charge in [0.15, 0.2) is 0 Å². The molecule has 1 aliphatic rings. The molecule has 2 N–H and O–H groups in total. The predicted octanol–water partition coefficient (Wildman–Crippen LogP) is 2.80. The molecule has 0 unspecified atom stereocenters. The molecule has 0 aliphatic carbocycles. The third-order valence-electron chi connectivity index (χ3n) is 4.33. The minimum atomic E-state index is -3.62. The van der Waals surface area contributed by atoms with Crippen LogP contribution in [0.4, 0.5) is 11.4 Å². The number of nitrogens with one attached hydrogen (secondary N) is 2. The van der Waals surface area contributed by atoms with Crippen molar-refractivity contribution in [3.8, 4) is 0 Å². The fraction of sp³-hybridized carbons (Fsp3) is 0.316. The fourth-order valence-corrected chi connectivity index (χ4v) is 4.36. The van der Waals surface area contributed by atoms with Crippen molar-refractivity contribution in [2.45, 2.75) is 17.9 Å². The molecule has 2 aromatic rings. The van der Waals surface area contributed by atoms with Crippen LogP contribution in [0.5, 0.6) is 0 Å². The van der Waals surface area contributed by atoms with E-state index in [2.05, 4.69) is 10.6 Å². The van der Waals surface area contributed by atoms with Gasteiger partial charge >= 0.3 is 0 Å². The van der Waals surface area contributed by atoms with Crippen LogP contribution in [0.1, 0.15) is 6.92 Å². The van der Waals surface area contributed by atoms with E-state index in [0.29, 0.717) is 37.0 Å². The lowest BCUT2D eigenvalue weighted by Gasteiger charge is -2.26. The second kappa shape index (κ2) is 8.91. The topological polar surface area (TPSA) is 87.7 Å². The molecule has 150 valence electrons. The Bertz CT molecular complexity index is 928. The van der Waals surface area contributed by atoms with E-state index in [1.807, 2.05) is 0 Å². The molecule has 0 spiro atoms. The van der Waals surface area contributed by atoms with Crippen molar-refractivity contribution in [3.05, 3.63) is 53.6 Å². The Labute approximate surface area is 169 Å². The Morgan fingerprint density at radius 1 is 1.11 bits per heavy atom. The van der Waals surface area contributed by atoms with E-state index in [9.17, 15) is 13.2 Å². The second-order valence-electron chi connectivity index (χ2n) is 6.41. The van der Waals surface area contributed by atoms with Gasteiger partial charge in [-0.05, 0) is 49.4 Å². The first kappa shape index (κ1) is 20.6. The fourth-order valence-electron chi connectivity index (χ4n) is 2.78. The highest BCUT2D eigenvalue weighted by molar-refractivity contribution is 7.89. The molecule has 1 fully saturated rings. The number of carbonyl (C=O) groups excluding carboxylic acids is 1. The largest absolute Gasteiger partial charge is 0.379 e. The van der Waals surface area contributed by atoms with E-state index in [1.165, 1.54) is 16.4 Å². The van der Waals surface area contributed by atoms with E-state index >= 15 is 0 Å². The molecule has 1 aliphatic heterocycles. The van der Waals surface area contributed by atoms with Crippen LogP contribution in [0, 0.1) is 0 Å². The average molecular weight is 424 g/mol. The van der Waals surface area contributed by atoms with Crippen molar-refractivity contribution < 1.29 is 17.9 Å². The molecule has 2 aromatic carbocycles. The van der Waals surface area contributed by atoms with Crippen molar-refractivity contribution in [2.75, 3.05) is 36.9 Å². The first-order valence-corrected chi connectivity index (χ1v) is 10.7. The normalized spacial score (nSPS) is 16.4. The van der Waals surface area contributed by atoms with Crippen LogP contribution in [0.2, 0.25) is 5.02 Å². The Balaban J connectivity index is 1.68. The molecule has 1 amide bonds. The average Bonchev–Trinajstić information content (AvgIpc) is 2.70. The number of hydrogen-bond donors (Lipinski definition) is 2. The number of amides is 1. The molecule has 0 bridgehead atoms. The summed E-state index contributed by atoms with van der Waals surface area (Å²) in [7, 11) is -3.62. The summed E-state index contributed by atoms with van der Waals surface area (Å²) in [5, 5.41) is 6.44. The highest BCUT2D eigenvalue weighted by atomic mass is 35.5. The predicted molar refractivity (Wildman–Crippen MR) is 109 cm³/mol. The van der Waals surface area contributed by atoms with E-state index < -0.39 is 16.1 Å². The first-order chi connectivity index (χ1) is 13.4. The molecule has 1 heterocycles. The first-order valence-electron chi connectivity index (χ1n) is 8.87. The molecule has 0 saturated carbocycles. The number of sulfonamides is 1. The Hall–Kier alpha value is -2.13. The number of hydrogen-bond acceptors (Lipinski definition) is 5. The summed E-state index contributed by atoms with van der Waals surface area (Å²) in [6.07, 6.45) is 0. The summed E-state index contributed by atoms with van der Waals surface area (Å²) in [6.45, 7) is 3.12. The summed E-state index contributed by atoms with van der Waals surface area (Å²) in [5.41, 5.74) is 1.18. The summed E-state index contributed by atoms with van der Waals surface area (Å²) < 4.78 is 32.1. The number of nitrogens with zero attached hydrogens (tertiary/aromatic N) is 1. The van der Waals surface area contributed by atoms with Gasteiger partial charge < -0.3 is 15.4 Å². The van der Waals surface area contributed by atoms with Crippen LogP contribution in [-0.2, 0) is 19.6 Å². The van der Waals surface area contributed by atoms with Crippen molar-refractivity contribution in [1.29, 1.82) is 0 Å². The van der Waals surface area contributed by atoms with E-state index in [0.717, 1.165) is 5.69 Å². The molecule has 28 heavy (non-hydrogen) atoms. The summed E-state index contributed by atoms with van der Waals surface area (Å²) in [6, 6.07) is 12.8. The molecule has 3 rings (SSSR count). The Morgan fingerprint density at radius 2 is 1.79 bits per heavy atom. The van der Waals surface area contributed by atoms with E-state index in [4.69, 9.17) is 16.3 Å². The number of carbonyl (C=O) groups is 1. The van der Waals surface area contributed by atoms with Crippen LogP contribution >= 0.6 is 11.6 Å². The van der Waals surface area contributed by atoms with Gasteiger partial charge in [0, 0.05) is 29.5 Å². The third-order valence-corrected chi connectivity index (χ3v) is 6.48. The number of rotatable bonds is 6. The zero-order valence-corrected chi connectivity index (χ0v) is 17.0. The van der Waals surface area contributed by atoms with E-state index in [-0.39, 0.29) is 10.8 Å². The zero-order valence-electron chi connectivity index (χ0n) is 15.4. The van der Waals surface area contributed by atoms with E-state index in [1.54, 1.807) is 43.3 Å². The monoisotopic (exact) mass is 423 g/mol. The number of anilines is 2. The van der Waals surface area contributed by atoms with Crippen LogP contribution < -0.4 is 10.6 Å². The quantitative estimate of drug-likeness (QED) is 0.745. The van der Waals surface area contributed by atoms with Gasteiger partial charge in [-0.3, -0.25) is 4.79 Å². The molecule has 1 saturated heterocycles. The molecule has 0 aromatic heterocycles. The second-order valence-corrected chi connectivity index (χ2v) is 8.78. The van der Waals surface area contributed by atoms with Gasteiger partial charge in [-0.25, -0.2) is 8.42 Å². The summed E-state index contributed by atoms with van der Waals surface area (Å²) in [4.78, 5) is 12.6. The van der Waals surface area contributed by atoms with Crippen molar-refractivity contribution in [1.82, 2.24) is 4.31 Å². The van der Waals surface area contributed by atoms with Crippen LogP contribution in [0.25, 0.3) is 0 Å². The molecule has 0 radical (unpaired) electrons. The van der Waals surface area contributed by atoms with Gasteiger partial charge in [0.05, 0.1) is 18.1 Å². The number of halogens is 1. The molecule has 9 heteroatoms. The Kier molecular flexibility index (Phi) is 6.56. The smallest absolute Gasteiger partial charge is 0.246 e. The molecule has 1 atom stereocenters. The number of benzene rings is 2. The third kappa shape index (κ3) is 5.02. The maximum atomic E-state index is 12.8. The molecular formula is C19H22ClN3O4S. The van der Waals surface area contributed by atoms with Gasteiger partial charge in [0.1, 0.15) is 6.04 Å². The molecular weight excluding hydrogens is 402 g/mol. The van der Waals surface area contributed by atoms with Crippen molar-refractivity contribution in [2.24, 2.45) is 0 Å². The minimum Gasteiger partial charge on any atom is -0.379 e. The van der Waals surface area contributed by atoms with Gasteiger partial charge in [-0.2, -0.15) is 4.31 Å². The van der Waals surface area contributed by atoms with Gasteiger partial charge in [-0.15, -0.1) is 0 Å². The summed E-state index contributed by atoms with van der Waals surface area (Å²) >= 11 is 5.86. The highest BCUT2D eigenvalue weighted by Gasteiger charge is 2.26. The minimum absolute atomic E-state index is 0.144. The van der Waals surface area contributed by atoms with Crippen molar-refractivity contribution >= 4 is 38.9 Å². The maximum Gasteiger partial charge on any atom is 0.246 e. The van der Waals surface area contributed by atoms with Gasteiger partial charge in [0.2, 0.25) is 15.9 Å². The van der Waals surface area contributed by atoms with Crippen LogP contribution in [0.15, 0.2) is 53.4 Å².